The van der Waals surface area contributed by atoms with Gasteiger partial charge in [0.25, 0.3) is 5.91 Å². The second kappa shape index (κ2) is 10.4. The van der Waals surface area contributed by atoms with Gasteiger partial charge in [-0.2, -0.15) is 0 Å². The highest BCUT2D eigenvalue weighted by molar-refractivity contribution is 5.99. The summed E-state index contributed by atoms with van der Waals surface area (Å²) in [5.41, 5.74) is 11.2. The van der Waals surface area contributed by atoms with Gasteiger partial charge in [0.05, 0.1) is 17.8 Å². The fraction of sp³-hybridized carbons (Fsp3) is 0.217. The van der Waals surface area contributed by atoms with E-state index in [0.29, 0.717) is 54.2 Å². The number of amides is 1. The van der Waals surface area contributed by atoms with Gasteiger partial charge in [-0.15, -0.1) is 0 Å². The Labute approximate surface area is 180 Å². The highest BCUT2D eigenvalue weighted by Gasteiger charge is 2.12. The van der Waals surface area contributed by atoms with E-state index in [4.69, 9.17) is 16.3 Å². The minimum Gasteiger partial charge on any atom is -0.493 e. The maximum absolute atomic E-state index is 13.3. The number of carbonyl (C=O) groups is 1. The lowest BCUT2D eigenvalue weighted by atomic mass is 10.1. The number of carbonyl (C=O) groups excluding carboxylic acids is 1. The van der Waals surface area contributed by atoms with Crippen molar-refractivity contribution < 1.29 is 13.9 Å². The van der Waals surface area contributed by atoms with Crippen molar-refractivity contribution in [1.82, 2.24) is 15.7 Å². The molecular formula is C23H26FN5O2. The molecule has 162 valence electrons. The van der Waals surface area contributed by atoms with Crippen molar-refractivity contribution in [3.05, 3.63) is 71.8 Å². The number of fused-ring (bicyclic) bond motifs is 1. The van der Waals surface area contributed by atoms with E-state index in [9.17, 15) is 9.18 Å². The summed E-state index contributed by atoms with van der Waals surface area (Å²) in [6.45, 7) is 2.86. The van der Waals surface area contributed by atoms with Crippen LogP contribution in [-0.4, -0.2) is 24.0 Å². The maximum atomic E-state index is 13.3. The molecule has 0 saturated carbocycles. The van der Waals surface area contributed by atoms with Crippen LogP contribution < -0.4 is 27.1 Å². The summed E-state index contributed by atoms with van der Waals surface area (Å²) in [6.07, 6.45) is 2.73. The number of hydrazine groups is 1. The van der Waals surface area contributed by atoms with Crippen LogP contribution in [0.2, 0.25) is 0 Å². The third-order valence-corrected chi connectivity index (χ3v) is 4.77. The number of ether oxygens (including phenoxy) is 1. The van der Waals surface area contributed by atoms with Crippen molar-refractivity contribution in [3.8, 4) is 17.0 Å². The lowest BCUT2D eigenvalue weighted by molar-refractivity contribution is 0.0953. The summed E-state index contributed by atoms with van der Waals surface area (Å²) in [5, 5.41) is 3.69. The minimum absolute atomic E-state index is 0.201. The molecule has 0 fully saturated rings. The van der Waals surface area contributed by atoms with Gasteiger partial charge in [0.2, 0.25) is 0 Å². The van der Waals surface area contributed by atoms with Crippen molar-refractivity contribution >= 4 is 16.8 Å². The van der Waals surface area contributed by atoms with Gasteiger partial charge in [-0.3, -0.25) is 10.6 Å². The average Bonchev–Trinajstić information content (AvgIpc) is 2.79. The lowest BCUT2D eigenvalue weighted by Crippen LogP contribution is -2.26. The molecule has 3 rings (SSSR count). The number of nitrogens with two attached hydrogens (primary N) is 2. The molecule has 0 aliphatic rings. The standard InChI is InChI=1S/C23H26FN5O2/c1-2-31-22-13-20(15-5-8-17(24)9-6-15)28-21-12-16(7-10-19(21)22)23(30)27-11-3-4-18(14-25)29-26/h5-10,12-14,29H,2-4,11,25-26H2,1H3,(H,27,30)/b18-14-. The Morgan fingerprint density at radius 1 is 1.19 bits per heavy atom. The Kier molecular flexibility index (Phi) is 7.40. The van der Waals surface area contributed by atoms with E-state index in [-0.39, 0.29) is 11.7 Å². The van der Waals surface area contributed by atoms with Crippen molar-refractivity contribution in [1.29, 1.82) is 0 Å². The number of aromatic nitrogens is 1. The van der Waals surface area contributed by atoms with E-state index < -0.39 is 0 Å². The predicted octanol–water partition coefficient (Wildman–Crippen LogP) is 3.21. The van der Waals surface area contributed by atoms with Gasteiger partial charge in [-0.1, -0.05) is 0 Å². The van der Waals surface area contributed by atoms with Crippen molar-refractivity contribution in [2.75, 3.05) is 13.2 Å². The lowest BCUT2D eigenvalue weighted by Gasteiger charge is -2.12. The second-order valence-electron chi connectivity index (χ2n) is 6.87. The van der Waals surface area contributed by atoms with Crippen LogP contribution in [-0.2, 0) is 0 Å². The first kappa shape index (κ1) is 22.0. The summed E-state index contributed by atoms with van der Waals surface area (Å²) in [6, 6.07) is 13.2. The van der Waals surface area contributed by atoms with Crippen LogP contribution in [0.25, 0.3) is 22.2 Å². The molecule has 0 aliphatic carbocycles. The summed E-state index contributed by atoms with van der Waals surface area (Å²) in [7, 11) is 0. The normalized spacial score (nSPS) is 11.4. The molecule has 1 amide bonds. The van der Waals surface area contributed by atoms with Crippen molar-refractivity contribution in [2.45, 2.75) is 19.8 Å². The van der Waals surface area contributed by atoms with Crippen LogP contribution in [0.5, 0.6) is 5.75 Å². The van der Waals surface area contributed by atoms with E-state index >= 15 is 0 Å². The zero-order valence-electron chi connectivity index (χ0n) is 17.3. The van der Waals surface area contributed by atoms with Crippen molar-refractivity contribution in [2.24, 2.45) is 11.6 Å². The Morgan fingerprint density at radius 3 is 2.65 bits per heavy atom. The first-order valence-corrected chi connectivity index (χ1v) is 10.0. The molecule has 3 aromatic rings. The number of halogens is 1. The summed E-state index contributed by atoms with van der Waals surface area (Å²) >= 11 is 0. The minimum atomic E-state index is -0.315. The first-order valence-electron chi connectivity index (χ1n) is 10.0. The van der Waals surface area contributed by atoms with Crippen LogP contribution in [0, 0.1) is 5.82 Å². The number of benzene rings is 2. The molecule has 7 nitrogen and oxygen atoms in total. The van der Waals surface area contributed by atoms with Crippen LogP contribution in [0.1, 0.15) is 30.1 Å². The molecule has 0 saturated heterocycles. The average molecular weight is 423 g/mol. The number of allylic oxidation sites excluding steroid dienone is 1. The molecule has 1 heterocycles. The Morgan fingerprint density at radius 2 is 1.97 bits per heavy atom. The fourth-order valence-corrected chi connectivity index (χ4v) is 3.17. The number of hydrogen-bond donors (Lipinski definition) is 4. The zero-order valence-corrected chi connectivity index (χ0v) is 17.3. The predicted molar refractivity (Wildman–Crippen MR) is 119 cm³/mol. The van der Waals surface area contributed by atoms with Gasteiger partial charge < -0.3 is 21.2 Å². The molecule has 0 atom stereocenters. The van der Waals surface area contributed by atoms with E-state index in [1.165, 1.54) is 18.3 Å². The van der Waals surface area contributed by atoms with Crippen LogP contribution in [0.3, 0.4) is 0 Å². The molecule has 0 unspecified atom stereocenters. The number of hydrogen-bond acceptors (Lipinski definition) is 6. The molecule has 0 radical (unpaired) electrons. The van der Waals surface area contributed by atoms with E-state index in [1.54, 1.807) is 24.3 Å². The number of pyridine rings is 1. The summed E-state index contributed by atoms with van der Waals surface area (Å²) in [5.74, 6) is 5.49. The third-order valence-electron chi connectivity index (χ3n) is 4.77. The third kappa shape index (κ3) is 5.49. The zero-order chi connectivity index (χ0) is 22.2. The molecule has 0 aliphatic heterocycles. The van der Waals surface area contributed by atoms with E-state index in [1.807, 2.05) is 19.1 Å². The molecule has 31 heavy (non-hydrogen) atoms. The molecule has 1 aromatic heterocycles. The molecule has 0 bridgehead atoms. The second-order valence-corrected chi connectivity index (χ2v) is 6.87. The highest BCUT2D eigenvalue weighted by atomic mass is 19.1. The fourth-order valence-electron chi connectivity index (χ4n) is 3.17. The van der Waals surface area contributed by atoms with Gasteiger partial charge in [-0.05, 0) is 62.2 Å². The van der Waals surface area contributed by atoms with Crippen LogP contribution in [0.15, 0.2) is 60.4 Å². The van der Waals surface area contributed by atoms with E-state index in [0.717, 1.165) is 10.9 Å². The van der Waals surface area contributed by atoms with Gasteiger partial charge >= 0.3 is 0 Å². The van der Waals surface area contributed by atoms with Gasteiger partial charge in [0.1, 0.15) is 11.6 Å². The van der Waals surface area contributed by atoms with Crippen molar-refractivity contribution in [3.63, 3.8) is 0 Å². The molecule has 6 N–H and O–H groups in total. The number of nitrogens with zero attached hydrogens (tertiary/aromatic N) is 1. The number of rotatable bonds is 9. The smallest absolute Gasteiger partial charge is 0.251 e. The van der Waals surface area contributed by atoms with Gasteiger partial charge in [0, 0.05) is 41.0 Å². The summed E-state index contributed by atoms with van der Waals surface area (Å²) in [4.78, 5) is 17.3. The van der Waals surface area contributed by atoms with Crippen LogP contribution >= 0.6 is 0 Å². The quantitative estimate of drug-likeness (QED) is 0.239. The Hall–Kier alpha value is -3.65. The Balaban J connectivity index is 1.84. The maximum Gasteiger partial charge on any atom is 0.251 e. The first-order chi connectivity index (χ1) is 15.0. The monoisotopic (exact) mass is 423 g/mol. The molecule has 0 spiro atoms. The number of nitrogens with one attached hydrogen (secondary N) is 2. The molecule has 8 heteroatoms. The van der Waals surface area contributed by atoms with Gasteiger partial charge in [-0.25, -0.2) is 9.37 Å². The highest BCUT2D eigenvalue weighted by Crippen LogP contribution is 2.31. The van der Waals surface area contributed by atoms with Crippen LogP contribution in [0.4, 0.5) is 4.39 Å². The SMILES string of the molecule is CCOc1cc(-c2ccc(F)cc2)nc2cc(C(=O)NCCC/C(=C/N)NN)ccc12. The van der Waals surface area contributed by atoms with E-state index in [2.05, 4.69) is 15.7 Å². The Bertz CT molecular complexity index is 1080. The molecular weight excluding hydrogens is 397 g/mol. The van der Waals surface area contributed by atoms with Gasteiger partial charge in [0.15, 0.2) is 0 Å². The molecule has 2 aromatic carbocycles. The summed E-state index contributed by atoms with van der Waals surface area (Å²) < 4.78 is 19.1. The largest absolute Gasteiger partial charge is 0.493 e. The topological polar surface area (TPSA) is 115 Å².